The number of hydrogen-bond acceptors (Lipinski definition) is 4. The monoisotopic (exact) mass is 528 g/mol. The maximum absolute atomic E-state index is 13.5. The number of piperazine rings is 1. The van der Waals surface area contributed by atoms with E-state index < -0.39 is 0 Å². The molecule has 4 rings (SSSR count). The number of amides is 1. The van der Waals surface area contributed by atoms with Gasteiger partial charge in [0.1, 0.15) is 5.82 Å². The van der Waals surface area contributed by atoms with Crippen LogP contribution in [0.3, 0.4) is 0 Å². The second-order valence-electron chi connectivity index (χ2n) is 8.58. The molecule has 3 aromatic rings. The third-order valence-electron chi connectivity index (χ3n) is 6.08. The van der Waals surface area contributed by atoms with Crippen LogP contribution in [0.25, 0.3) is 16.6 Å². The number of halogens is 2. The Labute approximate surface area is 206 Å². The van der Waals surface area contributed by atoms with E-state index in [0.717, 1.165) is 15.7 Å². The second-order valence-corrected chi connectivity index (χ2v) is 9.90. The van der Waals surface area contributed by atoms with Crippen LogP contribution in [0.2, 0.25) is 5.02 Å². The average Bonchev–Trinajstić information content (AvgIpc) is 2.77. The van der Waals surface area contributed by atoms with Gasteiger partial charge >= 0.3 is 5.69 Å². The van der Waals surface area contributed by atoms with E-state index in [-0.39, 0.29) is 23.6 Å². The summed E-state index contributed by atoms with van der Waals surface area (Å²) < 4.78 is 2.43. The lowest BCUT2D eigenvalue weighted by Gasteiger charge is -2.40. The first-order valence-corrected chi connectivity index (χ1v) is 12.1. The minimum atomic E-state index is -0.364. The molecule has 0 spiro atoms. The number of para-hydroxylation sites is 1. The Morgan fingerprint density at radius 2 is 2.00 bits per heavy atom. The maximum atomic E-state index is 13.5. The van der Waals surface area contributed by atoms with E-state index in [9.17, 15) is 9.59 Å². The van der Waals surface area contributed by atoms with E-state index in [4.69, 9.17) is 11.6 Å². The van der Waals surface area contributed by atoms with Gasteiger partial charge in [-0.05, 0) is 42.7 Å². The average molecular weight is 530 g/mol. The van der Waals surface area contributed by atoms with Gasteiger partial charge in [-0.15, -0.1) is 0 Å². The standard InChI is InChI=1S/C25H26BrClN4O2/c1-5-22(32)29-10-11-30(16(4)14-29)24-23-19(27)12-17(26)13-21(23)31(25(33)28-24)20-9-7-6-8-18(20)15(2)3/h5-9,12-13,15-16H,1,10-11,14H2,2-4H3/t16-/m0/s1. The van der Waals surface area contributed by atoms with Crippen LogP contribution in [0.1, 0.15) is 32.3 Å². The number of carbonyl (C=O) groups is 1. The highest BCUT2D eigenvalue weighted by Gasteiger charge is 2.29. The van der Waals surface area contributed by atoms with Crippen LogP contribution in [0, 0.1) is 0 Å². The molecule has 172 valence electrons. The van der Waals surface area contributed by atoms with Crippen molar-refractivity contribution in [1.82, 2.24) is 14.5 Å². The Balaban J connectivity index is 1.94. The maximum Gasteiger partial charge on any atom is 0.354 e. The Kier molecular flexibility index (Phi) is 6.64. The molecular weight excluding hydrogens is 504 g/mol. The smallest absolute Gasteiger partial charge is 0.350 e. The first-order chi connectivity index (χ1) is 15.7. The minimum Gasteiger partial charge on any atom is -0.350 e. The molecule has 0 radical (unpaired) electrons. The fourth-order valence-corrected chi connectivity index (χ4v) is 5.36. The summed E-state index contributed by atoms with van der Waals surface area (Å²) in [6.45, 7) is 11.4. The lowest BCUT2D eigenvalue weighted by Crippen LogP contribution is -2.54. The van der Waals surface area contributed by atoms with E-state index in [1.807, 2.05) is 43.3 Å². The quantitative estimate of drug-likeness (QED) is 0.439. The SMILES string of the molecule is C=CC(=O)N1CCN(c2nc(=O)n(-c3ccccc3C(C)C)c3cc(Br)cc(Cl)c23)[C@@H](C)C1. The third kappa shape index (κ3) is 4.32. The summed E-state index contributed by atoms with van der Waals surface area (Å²) in [6.07, 6.45) is 1.33. The summed E-state index contributed by atoms with van der Waals surface area (Å²) in [5.41, 5.74) is 2.17. The molecule has 33 heavy (non-hydrogen) atoms. The predicted molar refractivity (Wildman–Crippen MR) is 138 cm³/mol. The van der Waals surface area contributed by atoms with Gasteiger partial charge in [0.05, 0.1) is 21.6 Å². The van der Waals surface area contributed by atoms with Gasteiger partial charge in [0.15, 0.2) is 0 Å². The highest BCUT2D eigenvalue weighted by atomic mass is 79.9. The van der Waals surface area contributed by atoms with Gasteiger partial charge in [0.25, 0.3) is 0 Å². The van der Waals surface area contributed by atoms with Crippen molar-refractivity contribution in [2.24, 2.45) is 0 Å². The highest BCUT2D eigenvalue weighted by Crippen LogP contribution is 2.36. The van der Waals surface area contributed by atoms with Crippen LogP contribution >= 0.6 is 27.5 Å². The number of hydrogen-bond donors (Lipinski definition) is 0. The number of aromatic nitrogens is 2. The number of fused-ring (bicyclic) bond motifs is 1. The lowest BCUT2D eigenvalue weighted by atomic mass is 10.0. The summed E-state index contributed by atoms with van der Waals surface area (Å²) in [6, 6.07) is 11.6. The number of nitrogens with zero attached hydrogens (tertiary/aromatic N) is 4. The van der Waals surface area contributed by atoms with Crippen LogP contribution in [0.15, 0.2) is 58.3 Å². The zero-order chi connectivity index (χ0) is 23.9. The molecule has 1 aromatic heterocycles. The van der Waals surface area contributed by atoms with Crippen LogP contribution in [-0.4, -0.2) is 46.0 Å². The van der Waals surface area contributed by atoms with Crippen LogP contribution in [0.4, 0.5) is 5.82 Å². The molecule has 1 amide bonds. The predicted octanol–water partition coefficient (Wildman–Crippen LogP) is 5.15. The van der Waals surface area contributed by atoms with Gasteiger partial charge < -0.3 is 9.80 Å². The zero-order valence-electron chi connectivity index (χ0n) is 18.9. The van der Waals surface area contributed by atoms with Crippen molar-refractivity contribution >= 4 is 50.2 Å². The van der Waals surface area contributed by atoms with Gasteiger partial charge in [-0.2, -0.15) is 4.98 Å². The Bertz CT molecular complexity index is 1300. The largest absolute Gasteiger partial charge is 0.354 e. The van der Waals surface area contributed by atoms with Crippen molar-refractivity contribution in [3.8, 4) is 5.69 Å². The van der Waals surface area contributed by atoms with Crippen molar-refractivity contribution in [1.29, 1.82) is 0 Å². The van der Waals surface area contributed by atoms with Crippen LogP contribution < -0.4 is 10.6 Å². The molecule has 2 aromatic carbocycles. The van der Waals surface area contributed by atoms with Crippen molar-refractivity contribution in [3.05, 3.63) is 74.6 Å². The van der Waals surface area contributed by atoms with Crippen molar-refractivity contribution in [2.45, 2.75) is 32.7 Å². The summed E-state index contributed by atoms with van der Waals surface area (Å²) >= 11 is 10.3. The molecule has 6 nitrogen and oxygen atoms in total. The molecule has 1 atom stereocenters. The molecule has 0 unspecified atom stereocenters. The van der Waals surface area contributed by atoms with Gasteiger partial charge in [-0.1, -0.05) is 66.2 Å². The van der Waals surface area contributed by atoms with Gasteiger partial charge in [0, 0.05) is 30.1 Å². The van der Waals surface area contributed by atoms with Crippen LogP contribution in [-0.2, 0) is 4.79 Å². The topological polar surface area (TPSA) is 58.4 Å². The molecule has 0 N–H and O–H groups in total. The minimum absolute atomic E-state index is 0.0451. The normalized spacial score (nSPS) is 16.5. The number of rotatable bonds is 4. The van der Waals surface area contributed by atoms with Crippen molar-refractivity contribution < 1.29 is 4.79 Å². The molecule has 1 fully saturated rings. The van der Waals surface area contributed by atoms with Gasteiger partial charge in [-0.3, -0.25) is 9.36 Å². The van der Waals surface area contributed by atoms with E-state index in [0.29, 0.717) is 41.4 Å². The first kappa shape index (κ1) is 23.5. The zero-order valence-corrected chi connectivity index (χ0v) is 21.2. The number of benzene rings is 2. The van der Waals surface area contributed by atoms with E-state index in [1.54, 1.807) is 9.47 Å². The van der Waals surface area contributed by atoms with E-state index in [2.05, 4.69) is 46.2 Å². The molecular formula is C25H26BrClN4O2. The lowest BCUT2D eigenvalue weighted by molar-refractivity contribution is -0.126. The fraction of sp³-hybridized carbons (Fsp3) is 0.320. The summed E-state index contributed by atoms with van der Waals surface area (Å²) in [4.78, 5) is 34.0. The Morgan fingerprint density at radius 3 is 2.67 bits per heavy atom. The summed E-state index contributed by atoms with van der Waals surface area (Å²) in [5, 5.41) is 1.22. The summed E-state index contributed by atoms with van der Waals surface area (Å²) in [7, 11) is 0. The molecule has 1 aliphatic heterocycles. The Morgan fingerprint density at radius 1 is 1.27 bits per heavy atom. The molecule has 0 aliphatic carbocycles. The number of anilines is 1. The molecule has 0 saturated carbocycles. The molecule has 8 heteroatoms. The Hall–Kier alpha value is -2.64. The molecule has 1 saturated heterocycles. The molecule has 2 heterocycles. The molecule has 0 bridgehead atoms. The van der Waals surface area contributed by atoms with Crippen LogP contribution in [0.5, 0.6) is 0 Å². The van der Waals surface area contributed by atoms with Crippen molar-refractivity contribution in [2.75, 3.05) is 24.5 Å². The second kappa shape index (κ2) is 9.31. The third-order valence-corrected chi connectivity index (χ3v) is 6.83. The van der Waals surface area contributed by atoms with Gasteiger partial charge in [-0.25, -0.2) is 4.79 Å². The van der Waals surface area contributed by atoms with E-state index >= 15 is 0 Å². The summed E-state index contributed by atoms with van der Waals surface area (Å²) in [5.74, 6) is 0.673. The highest BCUT2D eigenvalue weighted by molar-refractivity contribution is 9.10. The number of carbonyl (C=O) groups excluding carboxylic acids is 1. The molecule has 1 aliphatic rings. The first-order valence-electron chi connectivity index (χ1n) is 10.9. The van der Waals surface area contributed by atoms with Crippen molar-refractivity contribution in [3.63, 3.8) is 0 Å². The fourth-order valence-electron chi connectivity index (χ4n) is 4.48. The van der Waals surface area contributed by atoms with Gasteiger partial charge in [0.2, 0.25) is 5.91 Å². The van der Waals surface area contributed by atoms with E-state index in [1.165, 1.54) is 6.08 Å².